The molecule has 156 valence electrons. The number of ether oxygens (including phenoxy) is 2. The smallest absolute Gasteiger partial charge is 0.336 e. The lowest BCUT2D eigenvalue weighted by atomic mass is 9.98. The minimum absolute atomic E-state index is 0.218. The van der Waals surface area contributed by atoms with Crippen LogP contribution in [0.4, 0.5) is 5.69 Å². The fourth-order valence-electron chi connectivity index (χ4n) is 4.23. The molecule has 0 aliphatic carbocycles. The molecule has 6 heteroatoms. The third kappa shape index (κ3) is 3.32. The van der Waals surface area contributed by atoms with Gasteiger partial charge < -0.3 is 18.8 Å². The Morgan fingerprint density at radius 3 is 2.63 bits per heavy atom. The molecule has 2 heterocycles. The standard InChI is InChI=1S/C24H25NO5/c1-4-8-16-13-20(26)30-23-21(16)18(28-2)14-19(29-3)22(23)24(27)25-12-7-10-15-9-5-6-11-17(15)25/h5-6,9,11,13-14H,4,7-8,10,12H2,1-3H3. The number of methoxy groups -OCH3 is 2. The van der Waals surface area contributed by atoms with Crippen LogP contribution in [0.2, 0.25) is 0 Å². The second-order valence-electron chi connectivity index (χ2n) is 7.39. The van der Waals surface area contributed by atoms with Crippen molar-refractivity contribution in [2.75, 3.05) is 25.7 Å². The molecule has 0 saturated carbocycles. The Balaban J connectivity index is 1.99. The van der Waals surface area contributed by atoms with Crippen LogP contribution in [0.3, 0.4) is 0 Å². The number of anilines is 1. The summed E-state index contributed by atoms with van der Waals surface area (Å²) in [5.74, 6) is 0.595. The van der Waals surface area contributed by atoms with Crippen LogP contribution in [0.5, 0.6) is 11.5 Å². The molecule has 1 amide bonds. The molecule has 6 nitrogen and oxygen atoms in total. The number of hydrogen-bond donors (Lipinski definition) is 0. The molecule has 4 rings (SSSR count). The third-order valence-corrected chi connectivity index (χ3v) is 5.55. The first-order valence-electron chi connectivity index (χ1n) is 10.2. The van der Waals surface area contributed by atoms with E-state index < -0.39 is 5.63 Å². The van der Waals surface area contributed by atoms with E-state index in [9.17, 15) is 9.59 Å². The third-order valence-electron chi connectivity index (χ3n) is 5.55. The van der Waals surface area contributed by atoms with Crippen molar-refractivity contribution in [3.8, 4) is 11.5 Å². The van der Waals surface area contributed by atoms with Crippen LogP contribution < -0.4 is 20.0 Å². The van der Waals surface area contributed by atoms with Crippen LogP contribution in [-0.4, -0.2) is 26.7 Å². The van der Waals surface area contributed by atoms with E-state index in [0.29, 0.717) is 29.9 Å². The van der Waals surface area contributed by atoms with Crippen molar-refractivity contribution in [3.05, 3.63) is 63.5 Å². The van der Waals surface area contributed by atoms with Crippen molar-refractivity contribution in [1.82, 2.24) is 0 Å². The Labute approximate surface area is 175 Å². The van der Waals surface area contributed by atoms with Gasteiger partial charge in [0.25, 0.3) is 5.91 Å². The first-order chi connectivity index (χ1) is 14.6. The number of amides is 1. The molecule has 0 radical (unpaired) electrons. The molecule has 1 aliphatic rings. The first-order valence-corrected chi connectivity index (χ1v) is 10.2. The van der Waals surface area contributed by atoms with Crippen LogP contribution in [0, 0.1) is 0 Å². The largest absolute Gasteiger partial charge is 0.496 e. The van der Waals surface area contributed by atoms with Crippen LogP contribution in [0.1, 0.15) is 41.3 Å². The van der Waals surface area contributed by atoms with Gasteiger partial charge in [-0.1, -0.05) is 31.5 Å². The van der Waals surface area contributed by atoms with Gasteiger partial charge in [0.1, 0.15) is 17.1 Å². The summed E-state index contributed by atoms with van der Waals surface area (Å²) in [6, 6.07) is 11.1. The predicted molar refractivity (Wildman–Crippen MR) is 116 cm³/mol. The molecule has 2 aromatic carbocycles. The van der Waals surface area contributed by atoms with E-state index in [1.54, 1.807) is 18.1 Å². The Morgan fingerprint density at radius 1 is 1.13 bits per heavy atom. The summed E-state index contributed by atoms with van der Waals surface area (Å²) in [6.45, 7) is 2.62. The van der Waals surface area contributed by atoms with E-state index in [1.807, 2.05) is 31.2 Å². The topological polar surface area (TPSA) is 69.0 Å². The molecule has 0 N–H and O–H groups in total. The minimum Gasteiger partial charge on any atom is -0.496 e. The molecule has 0 spiro atoms. The Bertz CT molecular complexity index is 1160. The molecule has 1 aromatic heterocycles. The fraction of sp³-hybridized carbons (Fsp3) is 0.333. The average Bonchev–Trinajstić information content (AvgIpc) is 2.77. The number of hydrogen-bond acceptors (Lipinski definition) is 5. The Kier molecular flexibility index (Phi) is 5.48. The molecular weight excluding hydrogens is 382 g/mol. The number of nitrogens with zero attached hydrogens (tertiary/aromatic N) is 1. The molecular formula is C24H25NO5. The monoisotopic (exact) mass is 407 g/mol. The zero-order valence-corrected chi connectivity index (χ0v) is 17.5. The average molecular weight is 407 g/mol. The van der Waals surface area contributed by atoms with Crippen LogP contribution in [0.25, 0.3) is 11.0 Å². The van der Waals surface area contributed by atoms with Crippen molar-refractivity contribution in [2.45, 2.75) is 32.6 Å². The van der Waals surface area contributed by atoms with E-state index >= 15 is 0 Å². The van der Waals surface area contributed by atoms with Gasteiger partial charge in [0, 0.05) is 24.4 Å². The summed E-state index contributed by atoms with van der Waals surface area (Å²) in [6.07, 6.45) is 3.31. The van der Waals surface area contributed by atoms with Crippen molar-refractivity contribution < 1.29 is 18.7 Å². The molecule has 0 atom stereocenters. The first kappa shape index (κ1) is 20.0. The SMILES string of the molecule is CCCc1cc(=O)oc2c(C(=O)N3CCCc4ccccc43)c(OC)cc(OC)c12. The lowest BCUT2D eigenvalue weighted by molar-refractivity contribution is 0.0982. The molecule has 0 unspecified atom stereocenters. The summed E-state index contributed by atoms with van der Waals surface area (Å²) >= 11 is 0. The minimum atomic E-state index is -0.491. The van der Waals surface area contributed by atoms with E-state index in [4.69, 9.17) is 13.9 Å². The van der Waals surface area contributed by atoms with Crippen molar-refractivity contribution in [1.29, 1.82) is 0 Å². The second kappa shape index (κ2) is 8.22. The number of carbonyl (C=O) groups excluding carboxylic acids is 1. The normalized spacial score (nSPS) is 13.2. The summed E-state index contributed by atoms with van der Waals surface area (Å²) in [5, 5.41) is 0.647. The zero-order chi connectivity index (χ0) is 21.3. The zero-order valence-electron chi connectivity index (χ0n) is 17.5. The van der Waals surface area contributed by atoms with Gasteiger partial charge in [-0.2, -0.15) is 0 Å². The van der Waals surface area contributed by atoms with Gasteiger partial charge in [0.2, 0.25) is 0 Å². The van der Waals surface area contributed by atoms with Crippen molar-refractivity contribution in [3.63, 3.8) is 0 Å². The highest BCUT2D eigenvalue weighted by Crippen LogP contribution is 2.39. The number of benzene rings is 2. The molecule has 0 fully saturated rings. The lowest BCUT2D eigenvalue weighted by Crippen LogP contribution is -2.35. The van der Waals surface area contributed by atoms with Gasteiger partial charge in [0.15, 0.2) is 5.58 Å². The van der Waals surface area contributed by atoms with Crippen LogP contribution in [-0.2, 0) is 12.8 Å². The van der Waals surface area contributed by atoms with Gasteiger partial charge in [-0.3, -0.25) is 4.79 Å². The lowest BCUT2D eigenvalue weighted by Gasteiger charge is -2.30. The summed E-state index contributed by atoms with van der Waals surface area (Å²) in [7, 11) is 3.05. The molecule has 1 aliphatic heterocycles. The van der Waals surface area contributed by atoms with Gasteiger partial charge >= 0.3 is 5.63 Å². The van der Waals surface area contributed by atoms with Gasteiger partial charge in [-0.25, -0.2) is 4.79 Å². The van der Waals surface area contributed by atoms with Gasteiger partial charge in [0.05, 0.1) is 19.6 Å². The van der Waals surface area contributed by atoms with Gasteiger partial charge in [-0.15, -0.1) is 0 Å². The van der Waals surface area contributed by atoms with E-state index in [1.165, 1.54) is 13.2 Å². The quantitative estimate of drug-likeness (QED) is 0.588. The number of carbonyl (C=O) groups is 1. The molecule has 0 saturated heterocycles. The maximum atomic E-state index is 13.8. The maximum absolute atomic E-state index is 13.8. The van der Waals surface area contributed by atoms with Crippen molar-refractivity contribution in [2.24, 2.45) is 0 Å². The number of aryl methyl sites for hydroxylation is 2. The van der Waals surface area contributed by atoms with Gasteiger partial charge in [-0.05, 0) is 36.5 Å². The molecule has 30 heavy (non-hydrogen) atoms. The Morgan fingerprint density at radius 2 is 1.90 bits per heavy atom. The van der Waals surface area contributed by atoms with Crippen LogP contribution >= 0.6 is 0 Å². The number of fused-ring (bicyclic) bond motifs is 2. The molecule has 0 bridgehead atoms. The predicted octanol–water partition coefficient (Wildman–Crippen LogP) is 4.36. The highest BCUT2D eigenvalue weighted by Gasteiger charge is 2.30. The second-order valence-corrected chi connectivity index (χ2v) is 7.39. The summed E-state index contributed by atoms with van der Waals surface area (Å²) in [4.78, 5) is 27.9. The number of para-hydroxylation sites is 1. The Hall–Kier alpha value is -3.28. The molecule has 3 aromatic rings. The highest BCUT2D eigenvalue weighted by molar-refractivity contribution is 6.16. The number of rotatable bonds is 5. The van der Waals surface area contributed by atoms with Crippen molar-refractivity contribution >= 4 is 22.6 Å². The van der Waals surface area contributed by atoms with E-state index in [-0.39, 0.29) is 17.1 Å². The van der Waals surface area contributed by atoms with Crippen LogP contribution in [0.15, 0.2) is 45.6 Å². The highest BCUT2D eigenvalue weighted by atomic mass is 16.5. The summed E-state index contributed by atoms with van der Waals surface area (Å²) in [5.41, 5.74) is 2.79. The van der Waals surface area contributed by atoms with E-state index in [2.05, 4.69) is 0 Å². The fourth-order valence-corrected chi connectivity index (χ4v) is 4.23. The maximum Gasteiger partial charge on any atom is 0.336 e. The van der Waals surface area contributed by atoms with E-state index in [0.717, 1.165) is 36.1 Å². The summed E-state index contributed by atoms with van der Waals surface area (Å²) < 4.78 is 16.7.